The highest BCUT2D eigenvalue weighted by Crippen LogP contribution is 2.22. The molecule has 1 aromatic heterocycles. The number of sulfone groups is 1. The van der Waals surface area contributed by atoms with Gasteiger partial charge >= 0.3 is 0 Å². The average molecular weight is 423 g/mol. The molecule has 3 rings (SSSR count). The number of fused-ring (bicyclic) bond motifs is 1. The fraction of sp³-hybridized carbons (Fsp3) is 0.263. The number of halogens is 1. The van der Waals surface area contributed by atoms with E-state index in [0.29, 0.717) is 16.4 Å². The lowest BCUT2D eigenvalue weighted by molar-refractivity contribution is -0.115. The van der Waals surface area contributed by atoms with Crippen molar-refractivity contribution in [3.63, 3.8) is 0 Å². The molecule has 1 amide bonds. The van der Waals surface area contributed by atoms with Crippen LogP contribution in [0.5, 0.6) is 0 Å². The minimum absolute atomic E-state index is 0.0569. The Labute approximate surface area is 166 Å². The molecule has 27 heavy (non-hydrogen) atoms. The molecule has 5 nitrogen and oxygen atoms in total. The van der Waals surface area contributed by atoms with Crippen LogP contribution < -0.4 is 4.80 Å². The molecule has 0 fully saturated rings. The van der Waals surface area contributed by atoms with Crippen LogP contribution in [-0.4, -0.2) is 24.6 Å². The van der Waals surface area contributed by atoms with Crippen molar-refractivity contribution >= 4 is 48.9 Å². The summed E-state index contributed by atoms with van der Waals surface area (Å²) < 4.78 is 27.8. The van der Waals surface area contributed by atoms with Crippen LogP contribution in [0.15, 0.2) is 46.3 Å². The predicted molar refractivity (Wildman–Crippen MR) is 109 cm³/mol. The Hall–Kier alpha value is -1.96. The molecule has 0 aliphatic rings. The smallest absolute Gasteiger partial charge is 0.263 e. The molecule has 0 atom stereocenters. The van der Waals surface area contributed by atoms with Crippen LogP contribution in [0.3, 0.4) is 0 Å². The van der Waals surface area contributed by atoms with Gasteiger partial charge in [0, 0.05) is 11.6 Å². The lowest BCUT2D eigenvalue weighted by atomic mass is 10.1. The van der Waals surface area contributed by atoms with Gasteiger partial charge in [0.2, 0.25) is 0 Å². The molecule has 0 saturated heterocycles. The van der Waals surface area contributed by atoms with E-state index in [4.69, 9.17) is 11.6 Å². The summed E-state index contributed by atoms with van der Waals surface area (Å²) in [7, 11) is -3.77. The molecule has 2 aromatic carbocycles. The van der Waals surface area contributed by atoms with Gasteiger partial charge in [0.25, 0.3) is 5.91 Å². The molecule has 0 aliphatic carbocycles. The third-order valence-corrected chi connectivity index (χ3v) is 7.23. The van der Waals surface area contributed by atoms with E-state index >= 15 is 0 Å². The predicted octanol–water partition coefficient (Wildman–Crippen LogP) is 3.89. The zero-order valence-electron chi connectivity index (χ0n) is 15.2. The van der Waals surface area contributed by atoms with Gasteiger partial charge in [-0.25, -0.2) is 8.42 Å². The third kappa shape index (κ3) is 4.15. The number of rotatable bonds is 4. The number of amides is 1. The highest BCUT2D eigenvalue weighted by molar-refractivity contribution is 7.92. The van der Waals surface area contributed by atoms with Crippen molar-refractivity contribution in [2.24, 2.45) is 4.99 Å². The van der Waals surface area contributed by atoms with Gasteiger partial charge in [0.15, 0.2) is 14.6 Å². The summed E-state index contributed by atoms with van der Waals surface area (Å²) in [6.07, 6.45) is 0. The Balaban J connectivity index is 1.98. The van der Waals surface area contributed by atoms with Crippen molar-refractivity contribution in [2.75, 3.05) is 5.75 Å². The number of hydrogen-bond acceptors (Lipinski definition) is 4. The van der Waals surface area contributed by atoms with Crippen LogP contribution in [-0.2, 0) is 21.2 Å². The van der Waals surface area contributed by atoms with Crippen molar-refractivity contribution in [1.82, 2.24) is 4.57 Å². The van der Waals surface area contributed by atoms with Gasteiger partial charge in [-0.2, -0.15) is 4.99 Å². The van der Waals surface area contributed by atoms with Gasteiger partial charge in [0.1, 0.15) is 5.75 Å². The van der Waals surface area contributed by atoms with E-state index < -0.39 is 21.5 Å². The molecule has 0 unspecified atom stereocenters. The van der Waals surface area contributed by atoms with Gasteiger partial charge in [-0.05, 0) is 68.3 Å². The maximum absolute atomic E-state index is 12.4. The van der Waals surface area contributed by atoms with E-state index in [9.17, 15) is 13.2 Å². The molecule has 0 aliphatic heterocycles. The number of aryl methyl sites for hydroxylation is 3. The van der Waals surface area contributed by atoms with Gasteiger partial charge < -0.3 is 4.57 Å². The molecule has 142 valence electrons. The fourth-order valence-electron chi connectivity index (χ4n) is 2.74. The summed E-state index contributed by atoms with van der Waals surface area (Å²) in [6.45, 7) is 6.67. The summed E-state index contributed by atoms with van der Waals surface area (Å²) in [4.78, 5) is 17.0. The van der Waals surface area contributed by atoms with E-state index in [1.807, 2.05) is 25.3 Å². The largest absolute Gasteiger partial charge is 0.317 e. The Morgan fingerprint density at radius 3 is 2.41 bits per heavy atom. The minimum Gasteiger partial charge on any atom is -0.317 e. The molecule has 0 spiro atoms. The second-order valence-electron chi connectivity index (χ2n) is 6.25. The molecule has 0 radical (unpaired) electrons. The van der Waals surface area contributed by atoms with Gasteiger partial charge in [-0.3, -0.25) is 4.79 Å². The van der Waals surface area contributed by atoms with Crippen molar-refractivity contribution in [3.05, 3.63) is 57.3 Å². The van der Waals surface area contributed by atoms with Crippen molar-refractivity contribution in [1.29, 1.82) is 0 Å². The second-order valence-corrected chi connectivity index (χ2v) is 9.69. The van der Waals surface area contributed by atoms with Crippen molar-refractivity contribution in [3.8, 4) is 0 Å². The first-order chi connectivity index (χ1) is 12.7. The molecule has 3 aromatic rings. The second kappa shape index (κ2) is 7.58. The molecule has 0 bridgehead atoms. The van der Waals surface area contributed by atoms with Crippen LogP contribution in [0.4, 0.5) is 0 Å². The molecule has 0 saturated carbocycles. The van der Waals surface area contributed by atoms with Crippen molar-refractivity contribution < 1.29 is 13.2 Å². The Morgan fingerprint density at radius 1 is 1.15 bits per heavy atom. The number of carbonyl (C=O) groups excluding carboxylic acids is 1. The number of thiazole rings is 1. The molecule has 8 heteroatoms. The van der Waals surface area contributed by atoms with Crippen molar-refractivity contribution in [2.45, 2.75) is 32.2 Å². The Morgan fingerprint density at radius 2 is 1.78 bits per heavy atom. The van der Waals surface area contributed by atoms with Crippen LogP contribution in [0.25, 0.3) is 10.2 Å². The molecular weight excluding hydrogens is 404 g/mol. The van der Waals surface area contributed by atoms with E-state index in [-0.39, 0.29) is 4.90 Å². The lowest BCUT2D eigenvalue weighted by Crippen LogP contribution is -2.20. The van der Waals surface area contributed by atoms with Crippen LogP contribution in [0.1, 0.15) is 18.1 Å². The summed E-state index contributed by atoms with van der Waals surface area (Å²) in [5.74, 6) is -1.36. The Kier molecular flexibility index (Phi) is 5.55. The summed E-state index contributed by atoms with van der Waals surface area (Å²) in [6, 6.07) is 9.88. The first-order valence-electron chi connectivity index (χ1n) is 8.37. The van der Waals surface area contributed by atoms with Gasteiger partial charge in [-0.1, -0.05) is 22.9 Å². The highest BCUT2D eigenvalue weighted by atomic mass is 35.5. The monoisotopic (exact) mass is 422 g/mol. The van der Waals surface area contributed by atoms with E-state index in [0.717, 1.165) is 21.3 Å². The molecular formula is C19H19ClN2O3S2. The number of aromatic nitrogens is 1. The maximum atomic E-state index is 12.4. The number of hydrogen-bond donors (Lipinski definition) is 0. The minimum atomic E-state index is -3.77. The quantitative estimate of drug-likeness (QED) is 0.640. The Bertz CT molecular complexity index is 1190. The summed E-state index contributed by atoms with van der Waals surface area (Å²) >= 11 is 7.17. The highest BCUT2D eigenvalue weighted by Gasteiger charge is 2.19. The topological polar surface area (TPSA) is 68.5 Å². The summed E-state index contributed by atoms with van der Waals surface area (Å²) in [5.41, 5.74) is 3.32. The molecule has 1 heterocycles. The lowest BCUT2D eigenvalue weighted by Gasteiger charge is -2.04. The number of carbonyl (C=O) groups is 1. The van der Waals surface area contributed by atoms with E-state index in [1.165, 1.54) is 35.6 Å². The standard InChI is InChI=1S/C19H19ClN2O3S2/c1-4-22-16-9-12(2)13(3)10-17(16)26-19(22)21-18(23)11-27(24,25)15-7-5-14(20)6-8-15/h5-10H,4,11H2,1-3H3. The van der Waals surface area contributed by atoms with E-state index in [1.54, 1.807) is 0 Å². The zero-order chi connectivity index (χ0) is 19.8. The van der Waals surface area contributed by atoms with Crippen LogP contribution >= 0.6 is 22.9 Å². The zero-order valence-corrected chi connectivity index (χ0v) is 17.6. The molecule has 0 N–H and O–H groups in total. The van der Waals surface area contributed by atoms with Crippen LogP contribution in [0, 0.1) is 13.8 Å². The third-order valence-electron chi connectivity index (χ3n) is 4.32. The van der Waals surface area contributed by atoms with Gasteiger partial charge in [0.05, 0.1) is 15.1 Å². The number of benzene rings is 2. The number of nitrogens with zero attached hydrogens (tertiary/aromatic N) is 2. The average Bonchev–Trinajstić information content (AvgIpc) is 2.90. The van der Waals surface area contributed by atoms with Crippen LogP contribution in [0.2, 0.25) is 5.02 Å². The maximum Gasteiger partial charge on any atom is 0.263 e. The normalized spacial score (nSPS) is 12.7. The van der Waals surface area contributed by atoms with E-state index in [2.05, 4.69) is 17.1 Å². The van der Waals surface area contributed by atoms with Gasteiger partial charge in [-0.15, -0.1) is 0 Å². The SMILES string of the molecule is CCn1c(=NC(=O)CS(=O)(=O)c2ccc(Cl)cc2)sc2cc(C)c(C)cc21. The summed E-state index contributed by atoms with van der Waals surface area (Å²) in [5, 5.41) is 0.435. The first kappa shape index (κ1) is 19.8. The first-order valence-corrected chi connectivity index (χ1v) is 11.2. The fourth-order valence-corrected chi connectivity index (χ4v) is 5.16.